The van der Waals surface area contributed by atoms with Crippen molar-refractivity contribution in [2.24, 2.45) is 46.3 Å². The van der Waals surface area contributed by atoms with Gasteiger partial charge in [-0.05, 0) is 97.7 Å². The topological polar surface area (TPSA) is 26.3 Å². The molecule has 4 rings (SSSR count). The number of unbranched alkanes of at least 4 members (excludes halogenated alkanes) is 8. The Balaban J connectivity index is 1.29. The molecule has 0 aromatic rings. The van der Waals surface area contributed by atoms with Crippen LogP contribution in [-0.4, -0.2) is 21.2 Å². The van der Waals surface area contributed by atoms with Crippen LogP contribution in [0.3, 0.4) is 0 Å². The third kappa shape index (κ3) is 8.12. The van der Waals surface area contributed by atoms with Crippen LogP contribution in [0.2, 0.25) is 0 Å². The number of alkyl halides is 2. The highest BCUT2D eigenvalue weighted by Crippen LogP contribution is 2.71. The van der Waals surface area contributed by atoms with Gasteiger partial charge in [-0.15, -0.1) is 0 Å². The Kier molecular flexibility index (Phi) is 13.5. The van der Waals surface area contributed by atoms with E-state index in [2.05, 4.69) is 73.4 Å². The number of hydrogen-bond donors (Lipinski definition) is 0. The van der Waals surface area contributed by atoms with Gasteiger partial charge >= 0.3 is 5.97 Å². The Labute approximate surface area is 284 Å². The average Bonchev–Trinajstić information content (AvgIpc) is 3.31. The summed E-state index contributed by atoms with van der Waals surface area (Å²) in [4.78, 5) is 13.3. The van der Waals surface area contributed by atoms with Crippen molar-refractivity contribution in [3.8, 4) is 0 Å². The zero-order valence-corrected chi connectivity index (χ0v) is 32.2. The van der Waals surface area contributed by atoms with Crippen molar-refractivity contribution in [2.75, 3.05) is 0 Å². The van der Waals surface area contributed by atoms with Crippen molar-refractivity contribution in [1.29, 1.82) is 0 Å². The predicted octanol–water partition coefficient (Wildman–Crippen LogP) is 12.8. The number of rotatable bonds is 16. The van der Waals surface area contributed by atoms with Crippen LogP contribution in [0, 0.1) is 46.3 Å². The van der Waals surface area contributed by atoms with Crippen molar-refractivity contribution >= 4 is 37.8 Å². The Morgan fingerprint density at radius 1 is 0.837 bits per heavy atom. The number of esters is 1. The second kappa shape index (κ2) is 16.0. The molecule has 0 aromatic heterocycles. The average molecular weight is 729 g/mol. The van der Waals surface area contributed by atoms with Gasteiger partial charge < -0.3 is 4.74 Å². The van der Waals surface area contributed by atoms with Crippen LogP contribution in [-0.2, 0) is 9.53 Å². The van der Waals surface area contributed by atoms with Crippen molar-refractivity contribution in [3.05, 3.63) is 0 Å². The van der Waals surface area contributed by atoms with Gasteiger partial charge in [0.25, 0.3) is 0 Å². The SMILES string of the molecule is CCCCCCCCCCCC(=O)OC1CCC2(C)C3CCC4(C)C(C(C)CCCC(C)C)CCC4C3CC(Br)C2(Br)C1. The van der Waals surface area contributed by atoms with E-state index >= 15 is 0 Å². The minimum atomic E-state index is 0.0119. The largest absolute Gasteiger partial charge is 0.462 e. The van der Waals surface area contributed by atoms with Crippen LogP contribution in [0.1, 0.15) is 176 Å². The molecule has 0 aromatic carbocycles. The molecule has 0 radical (unpaired) electrons. The molecule has 43 heavy (non-hydrogen) atoms. The second-order valence-corrected chi connectivity index (χ2v) is 19.3. The van der Waals surface area contributed by atoms with Crippen LogP contribution in [0.25, 0.3) is 0 Å². The minimum Gasteiger partial charge on any atom is -0.462 e. The number of hydrogen-bond acceptors (Lipinski definition) is 2. The second-order valence-electron chi connectivity index (χ2n) is 16.8. The molecule has 4 heteroatoms. The number of fused-ring (bicyclic) bond motifs is 5. The van der Waals surface area contributed by atoms with Gasteiger partial charge in [0.1, 0.15) is 6.10 Å². The quantitative estimate of drug-likeness (QED) is 0.0899. The van der Waals surface area contributed by atoms with E-state index in [0.29, 0.717) is 16.7 Å². The van der Waals surface area contributed by atoms with Crippen molar-refractivity contribution < 1.29 is 9.53 Å². The van der Waals surface area contributed by atoms with Gasteiger partial charge in [0.05, 0.1) is 0 Å². The van der Waals surface area contributed by atoms with Gasteiger partial charge in [0.15, 0.2) is 0 Å². The molecule has 10 unspecified atom stereocenters. The molecule has 2 nitrogen and oxygen atoms in total. The summed E-state index contributed by atoms with van der Waals surface area (Å²) in [6, 6.07) is 0. The third-order valence-electron chi connectivity index (χ3n) is 13.7. The first-order valence-electron chi connectivity index (χ1n) is 19.0. The first-order chi connectivity index (χ1) is 20.5. The molecule has 0 saturated heterocycles. The zero-order valence-electron chi connectivity index (χ0n) is 29.0. The first-order valence-corrected chi connectivity index (χ1v) is 20.7. The summed E-state index contributed by atoms with van der Waals surface area (Å²) in [5.74, 6) is 5.13. The Bertz CT molecular complexity index is 875. The van der Waals surface area contributed by atoms with Crippen molar-refractivity contribution in [3.63, 3.8) is 0 Å². The molecule has 0 N–H and O–H groups in total. The molecule has 4 fully saturated rings. The lowest BCUT2D eigenvalue weighted by Gasteiger charge is -2.66. The number of halogens is 2. The fourth-order valence-corrected chi connectivity index (χ4v) is 13.3. The maximum atomic E-state index is 12.9. The Morgan fingerprint density at radius 3 is 2.19 bits per heavy atom. The van der Waals surface area contributed by atoms with E-state index in [4.69, 9.17) is 4.74 Å². The standard InChI is InChI=1S/C39H68Br2O2/c1-7-8-9-10-11-12-13-14-15-19-36(42)43-30-22-25-38(6)34-23-24-37(5)32(29(4)18-16-17-28(2)3)20-21-33(37)31(34)26-35(40)39(38,41)27-30/h28-35H,7-27H2,1-6H3. The van der Waals surface area contributed by atoms with Crippen LogP contribution >= 0.6 is 31.9 Å². The highest BCUT2D eigenvalue weighted by Gasteiger charge is 2.67. The van der Waals surface area contributed by atoms with Gasteiger partial charge in [0.2, 0.25) is 0 Å². The minimum absolute atomic E-state index is 0.0119. The maximum Gasteiger partial charge on any atom is 0.306 e. The number of ether oxygens (including phenoxy) is 1. The van der Waals surface area contributed by atoms with Crippen LogP contribution in [0.4, 0.5) is 0 Å². The van der Waals surface area contributed by atoms with Crippen molar-refractivity contribution in [1.82, 2.24) is 0 Å². The van der Waals surface area contributed by atoms with Gasteiger partial charge in [-0.1, -0.05) is 144 Å². The van der Waals surface area contributed by atoms with Gasteiger partial charge in [-0.3, -0.25) is 4.79 Å². The Morgan fingerprint density at radius 2 is 1.51 bits per heavy atom. The van der Waals surface area contributed by atoms with Crippen LogP contribution < -0.4 is 0 Å². The van der Waals surface area contributed by atoms with Gasteiger partial charge in [-0.2, -0.15) is 0 Å². The molecule has 0 aliphatic heterocycles. The Hall–Kier alpha value is 0.430. The predicted molar refractivity (Wildman–Crippen MR) is 191 cm³/mol. The van der Waals surface area contributed by atoms with Gasteiger partial charge in [-0.25, -0.2) is 0 Å². The zero-order chi connectivity index (χ0) is 31.3. The van der Waals surface area contributed by atoms with E-state index in [0.717, 1.165) is 61.2 Å². The van der Waals surface area contributed by atoms with E-state index in [9.17, 15) is 4.79 Å². The lowest BCUT2D eigenvalue weighted by molar-refractivity contribution is -0.158. The summed E-state index contributed by atoms with van der Waals surface area (Å²) >= 11 is 8.69. The maximum absolute atomic E-state index is 12.9. The fourth-order valence-electron chi connectivity index (χ4n) is 11.1. The van der Waals surface area contributed by atoms with Crippen molar-refractivity contribution in [2.45, 2.75) is 192 Å². The van der Waals surface area contributed by atoms with Gasteiger partial charge in [0, 0.05) is 22.0 Å². The normalized spacial score (nSPS) is 39.7. The summed E-state index contributed by atoms with van der Waals surface area (Å²) in [5, 5.41) is 0. The van der Waals surface area contributed by atoms with E-state index in [-0.39, 0.29) is 21.8 Å². The fraction of sp³-hybridized carbons (Fsp3) is 0.974. The highest BCUT2D eigenvalue weighted by molar-refractivity contribution is 9.12. The third-order valence-corrected chi connectivity index (χ3v) is 17.2. The van der Waals surface area contributed by atoms with Crippen LogP contribution in [0.15, 0.2) is 0 Å². The molecule has 0 bridgehead atoms. The summed E-state index contributed by atoms with van der Waals surface area (Å²) in [6.07, 6.45) is 26.5. The smallest absolute Gasteiger partial charge is 0.306 e. The number of carbonyl (C=O) groups excluding carboxylic acids is 1. The monoisotopic (exact) mass is 726 g/mol. The van der Waals surface area contributed by atoms with Crippen LogP contribution in [0.5, 0.6) is 0 Å². The molecule has 0 heterocycles. The summed E-state index contributed by atoms with van der Waals surface area (Å²) in [6.45, 7) is 14.9. The summed E-state index contributed by atoms with van der Waals surface area (Å²) in [7, 11) is 0. The van der Waals surface area contributed by atoms with E-state index in [1.54, 1.807) is 0 Å². The summed E-state index contributed by atoms with van der Waals surface area (Å²) in [5.41, 5.74) is 0.780. The molecule has 4 aliphatic rings. The molecule has 4 saturated carbocycles. The summed E-state index contributed by atoms with van der Waals surface area (Å²) < 4.78 is 6.20. The molecular weight excluding hydrogens is 660 g/mol. The molecule has 4 aliphatic carbocycles. The lowest BCUT2D eigenvalue weighted by Crippen LogP contribution is -2.64. The lowest BCUT2D eigenvalue weighted by atomic mass is 9.44. The first kappa shape index (κ1) is 36.3. The molecule has 250 valence electrons. The number of carbonyl (C=O) groups is 1. The van der Waals surface area contributed by atoms with E-state index in [1.807, 2.05) is 0 Å². The highest BCUT2D eigenvalue weighted by atomic mass is 79.9. The molecule has 0 amide bonds. The molecule has 0 spiro atoms. The molecule has 10 atom stereocenters. The molecular formula is C39H68Br2O2. The van der Waals surface area contributed by atoms with E-state index in [1.165, 1.54) is 103 Å². The van der Waals surface area contributed by atoms with E-state index < -0.39 is 0 Å².